The largest absolute Gasteiger partial charge is 0.347 e. The highest BCUT2D eigenvalue weighted by Crippen LogP contribution is 2.31. The van der Waals surface area contributed by atoms with Crippen molar-refractivity contribution in [3.05, 3.63) is 29.8 Å². The molecule has 7 nitrogen and oxygen atoms in total. The molecule has 1 aromatic carbocycles. The van der Waals surface area contributed by atoms with E-state index in [4.69, 9.17) is 9.47 Å². The molecule has 2 fully saturated rings. The second-order valence-electron chi connectivity index (χ2n) is 7.42. The number of likely N-dealkylation sites (N-methyl/N-ethyl adjacent to an activating group) is 1. The van der Waals surface area contributed by atoms with Crippen LogP contribution in [0.25, 0.3) is 0 Å². The van der Waals surface area contributed by atoms with Crippen molar-refractivity contribution in [1.82, 2.24) is 9.80 Å². The Morgan fingerprint density at radius 1 is 1.19 bits per heavy atom. The first-order valence-electron chi connectivity index (χ1n) is 9.26. The van der Waals surface area contributed by atoms with E-state index in [1.807, 2.05) is 23.8 Å². The van der Waals surface area contributed by atoms with Crippen molar-refractivity contribution < 1.29 is 22.7 Å². The van der Waals surface area contributed by atoms with Crippen LogP contribution in [-0.2, 0) is 24.1 Å². The van der Waals surface area contributed by atoms with Gasteiger partial charge >= 0.3 is 0 Å². The van der Waals surface area contributed by atoms with Gasteiger partial charge in [0.2, 0.25) is 5.91 Å². The molecule has 3 rings (SSSR count). The number of rotatable bonds is 5. The Morgan fingerprint density at radius 2 is 1.74 bits per heavy atom. The van der Waals surface area contributed by atoms with E-state index in [0.717, 1.165) is 5.56 Å². The molecule has 0 aliphatic carbocycles. The molecule has 0 aromatic heterocycles. The summed E-state index contributed by atoms with van der Waals surface area (Å²) in [6.07, 6.45) is 2.62. The number of ether oxygens (including phenoxy) is 2. The number of amides is 1. The van der Waals surface area contributed by atoms with Gasteiger partial charge in [0.05, 0.1) is 24.7 Å². The van der Waals surface area contributed by atoms with E-state index >= 15 is 0 Å². The Balaban J connectivity index is 1.54. The van der Waals surface area contributed by atoms with E-state index in [1.165, 1.54) is 6.26 Å². The number of hydrogen-bond donors (Lipinski definition) is 0. The van der Waals surface area contributed by atoms with Crippen molar-refractivity contribution in [2.75, 3.05) is 46.2 Å². The molecule has 2 heterocycles. The number of likely N-dealkylation sites (tertiary alicyclic amines) is 1. The van der Waals surface area contributed by atoms with Crippen LogP contribution >= 0.6 is 0 Å². The Hall–Kier alpha value is -1.48. The van der Waals surface area contributed by atoms with Gasteiger partial charge in [0.1, 0.15) is 0 Å². The Morgan fingerprint density at radius 3 is 2.26 bits per heavy atom. The average Bonchev–Trinajstić information content (AvgIpc) is 3.09. The van der Waals surface area contributed by atoms with E-state index in [2.05, 4.69) is 0 Å². The van der Waals surface area contributed by atoms with Gasteiger partial charge in [0.15, 0.2) is 15.6 Å². The molecule has 0 radical (unpaired) electrons. The summed E-state index contributed by atoms with van der Waals surface area (Å²) in [5, 5.41) is 0. The lowest BCUT2D eigenvalue weighted by Crippen LogP contribution is -2.49. The Bertz CT molecular complexity index is 762. The van der Waals surface area contributed by atoms with Gasteiger partial charge in [-0.3, -0.25) is 9.69 Å². The second-order valence-corrected chi connectivity index (χ2v) is 9.44. The molecule has 0 bridgehead atoms. The summed E-state index contributed by atoms with van der Waals surface area (Å²) < 4.78 is 34.6. The third-order valence-electron chi connectivity index (χ3n) is 5.53. The molecule has 2 aliphatic rings. The third-order valence-corrected chi connectivity index (χ3v) is 6.66. The monoisotopic (exact) mass is 396 g/mol. The van der Waals surface area contributed by atoms with Crippen LogP contribution in [0.15, 0.2) is 29.2 Å². The zero-order valence-corrected chi connectivity index (χ0v) is 17.0. The van der Waals surface area contributed by atoms with Crippen LogP contribution in [0, 0.1) is 0 Å². The molecular formula is C19H28N2O5S. The third kappa shape index (κ3) is 4.68. The second kappa shape index (κ2) is 7.87. The SMILES string of the molecule is C[C@@H](c1ccc(S(C)(=O)=O)cc1)N(C)CC(=O)N1CCC2(CC1)OCCO2. The molecule has 0 unspecified atom stereocenters. The van der Waals surface area contributed by atoms with Gasteiger partial charge in [-0.15, -0.1) is 0 Å². The quantitative estimate of drug-likeness (QED) is 0.750. The molecule has 150 valence electrons. The fourth-order valence-electron chi connectivity index (χ4n) is 3.58. The average molecular weight is 397 g/mol. The number of carbonyl (C=O) groups excluding carboxylic acids is 1. The summed E-state index contributed by atoms with van der Waals surface area (Å²) in [4.78, 5) is 16.8. The van der Waals surface area contributed by atoms with Crippen LogP contribution in [0.4, 0.5) is 0 Å². The highest BCUT2D eigenvalue weighted by Gasteiger charge is 2.40. The lowest BCUT2D eigenvalue weighted by molar-refractivity contribution is -0.187. The molecule has 1 aromatic rings. The summed E-state index contributed by atoms with van der Waals surface area (Å²) >= 11 is 0. The molecule has 8 heteroatoms. The molecule has 0 N–H and O–H groups in total. The minimum absolute atomic E-state index is 0.000178. The van der Waals surface area contributed by atoms with Gasteiger partial charge < -0.3 is 14.4 Å². The van der Waals surface area contributed by atoms with Crippen molar-refractivity contribution in [2.24, 2.45) is 0 Å². The first-order chi connectivity index (χ1) is 12.7. The number of carbonyl (C=O) groups is 1. The zero-order valence-electron chi connectivity index (χ0n) is 16.2. The number of hydrogen-bond acceptors (Lipinski definition) is 6. The molecule has 0 saturated carbocycles. The highest BCUT2D eigenvalue weighted by atomic mass is 32.2. The topological polar surface area (TPSA) is 76.2 Å². The van der Waals surface area contributed by atoms with Crippen LogP contribution in [0.5, 0.6) is 0 Å². The van der Waals surface area contributed by atoms with Gasteiger partial charge in [-0.1, -0.05) is 12.1 Å². The minimum Gasteiger partial charge on any atom is -0.347 e. The summed E-state index contributed by atoms with van der Waals surface area (Å²) in [7, 11) is -1.30. The smallest absolute Gasteiger partial charge is 0.236 e. The molecule has 2 saturated heterocycles. The number of benzene rings is 1. The Kier molecular flexibility index (Phi) is 5.90. The first-order valence-corrected chi connectivity index (χ1v) is 11.2. The molecular weight excluding hydrogens is 368 g/mol. The van der Waals surface area contributed by atoms with Crippen molar-refractivity contribution >= 4 is 15.7 Å². The first kappa shape index (κ1) is 20.3. The summed E-state index contributed by atoms with van der Waals surface area (Å²) in [5.41, 5.74) is 0.975. The zero-order chi connectivity index (χ0) is 19.7. The van der Waals surface area contributed by atoms with Crippen LogP contribution < -0.4 is 0 Å². The Labute approximate surface area is 161 Å². The molecule has 1 spiro atoms. The van der Waals surface area contributed by atoms with E-state index in [1.54, 1.807) is 24.3 Å². The van der Waals surface area contributed by atoms with Gasteiger partial charge in [-0.05, 0) is 31.7 Å². The van der Waals surface area contributed by atoms with Crippen molar-refractivity contribution in [3.63, 3.8) is 0 Å². The lowest BCUT2D eigenvalue weighted by Gasteiger charge is -2.38. The summed E-state index contributed by atoms with van der Waals surface area (Å²) in [5.74, 6) is -0.387. The lowest BCUT2D eigenvalue weighted by atomic mass is 10.0. The fourth-order valence-corrected chi connectivity index (χ4v) is 4.21. The fraction of sp³-hybridized carbons (Fsp3) is 0.632. The van der Waals surface area contributed by atoms with Crippen LogP contribution in [0.1, 0.15) is 31.4 Å². The van der Waals surface area contributed by atoms with Gasteiger partial charge in [0.25, 0.3) is 0 Å². The predicted molar refractivity (Wildman–Crippen MR) is 101 cm³/mol. The predicted octanol–water partition coefficient (Wildman–Crippen LogP) is 1.45. The summed E-state index contributed by atoms with van der Waals surface area (Å²) in [6, 6.07) is 6.84. The highest BCUT2D eigenvalue weighted by molar-refractivity contribution is 7.90. The maximum absolute atomic E-state index is 12.7. The standard InChI is InChI=1S/C19H28N2O5S/c1-15(16-4-6-17(7-5-16)27(3,23)24)20(2)14-18(22)21-10-8-19(9-11-21)25-12-13-26-19/h4-7,15H,8-14H2,1-3H3/t15-/m0/s1. The van der Waals surface area contributed by atoms with Gasteiger partial charge in [-0.2, -0.15) is 0 Å². The normalized spacial score (nSPS) is 21.0. The number of piperidine rings is 1. The molecule has 2 aliphatic heterocycles. The van der Waals surface area contributed by atoms with Crippen molar-refractivity contribution in [1.29, 1.82) is 0 Å². The number of sulfone groups is 1. The van der Waals surface area contributed by atoms with E-state index < -0.39 is 15.6 Å². The van der Waals surface area contributed by atoms with Crippen molar-refractivity contribution in [3.8, 4) is 0 Å². The maximum atomic E-state index is 12.7. The van der Waals surface area contributed by atoms with E-state index in [9.17, 15) is 13.2 Å². The minimum atomic E-state index is -3.20. The summed E-state index contributed by atoms with van der Waals surface area (Å²) in [6.45, 7) is 4.87. The van der Waals surface area contributed by atoms with Crippen LogP contribution in [0.3, 0.4) is 0 Å². The van der Waals surface area contributed by atoms with Gasteiger partial charge in [0, 0.05) is 38.2 Å². The van der Waals surface area contributed by atoms with E-state index in [-0.39, 0.29) is 11.9 Å². The van der Waals surface area contributed by atoms with Crippen LogP contribution in [-0.4, -0.2) is 76.1 Å². The van der Waals surface area contributed by atoms with Gasteiger partial charge in [-0.25, -0.2) is 8.42 Å². The number of nitrogens with zero attached hydrogens (tertiary/aromatic N) is 2. The molecule has 1 atom stereocenters. The van der Waals surface area contributed by atoms with E-state index in [0.29, 0.717) is 50.6 Å². The van der Waals surface area contributed by atoms with Crippen molar-refractivity contribution in [2.45, 2.75) is 36.5 Å². The molecule has 27 heavy (non-hydrogen) atoms. The molecule has 1 amide bonds. The maximum Gasteiger partial charge on any atom is 0.236 e. The van der Waals surface area contributed by atoms with Crippen LogP contribution in [0.2, 0.25) is 0 Å².